The molecule has 0 unspecified atom stereocenters. The summed E-state index contributed by atoms with van der Waals surface area (Å²) < 4.78 is 10.6. The van der Waals surface area contributed by atoms with Gasteiger partial charge in [-0.05, 0) is 49.9 Å². The molecule has 1 N–H and O–H groups in total. The van der Waals surface area contributed by atoms with E-state index in [2.05, 4.69) is 27.5 Å². The Morgan fingerprint density at radius 2 is 2.23 bits per heavy atom. The highest BCUT2D eigenvalue weighted by Gasteiger charge is 2.28. The summed E-state index contributed by atoms with van der Waals surface area (Å²) in [5.74, 6) is 1.38. The van der Waals surface area contributed by atoms with Gasteiger partial charge >= 0.3 is 0 Å². The SMILES string of the molecule is COc1cccc(CN2CCC[C@H](c3cc(C(=O)NC4CC4)on3)C2)c1. The summed E-state index contributed by atoms with van der Waals surface area (Å²) in [5.41, 5.74) is 2.14. The summed E-state index contributed by atoms with van der Waals surface area (Å²) in [6.07, 6.45) is 4.32. The molecule has 0 spiro atoms. The molecule has 1 amide bonds. The second kappa shape index (κ2) is 7.50. The number of nitrogens with one attached hydrogen (secondary N) is 1. The molecule has 4 rings (SSSR count). The number of benzene rings is 1. The van der Waals surface area contributed by atoms with Crippen molar-refractivity contribution in [1.82, 2.24) is 15.4 Å². The molecule has 6 heteroatoms. The maximum absolute atomic E-state index is 12.1. The van der Waals surface area contributed by atoms with Crippen molar-refractivity contribution >= 4 is 5.91 Å². The largest absolute Gasteiger partial charge is 0.497 e. The van der Waals surface area contributed by atoms with Gasteiger partial charge in [0.15, 0.2) is 0 Å². The highest BCUT2D eigenvalue weighted by molar-refractivity contribution is 5.91. The Bertz CT molecular complexity index is 769. The minimum Gasteiger partial charge on any atom is -0.497 e. The van der Waals surface area contributed by atoms with Gasteiger partial charge in [-0.3, -0.25) is 9.69 Å². The van der Waals surface area contributed by atoms with E-state index in [1.54, 1.807) is 7.11 Å². The number of carbonyl (C=O) groups is 1. The lowest BCUT2D eigenvalue weighted by atomic mass is 9.94. The normalized spacial score (nSPS) is 20.7. The molecular weight excluding hydrogens is 330 g/mol. The first kappa shape index (κ1) is 17.1. The number of methoxy groups -OCH3 is 1. The van der Waals surface area contributed by atoms with Crippen molar-refractivity contribution in [2.45, 2.75) is 44.2 Å². The van der Waals surface area contributed by atoms with Crippen molar-refractivity contribution in [3.63, 3.8) is 0 Å². The molecule has 1 atom stereocenters. The molecular formula is C20H25N3O3. The Morgan fingerprint density at radius 3 is 3.04 bits per heavy atom. The van der Waals surface area contributed by atoms with Gasteiger partial charge in [0.2, 0.25) is 5.76 Å². The molecule has 1 saturated heterocycles. The van der Waals surface area contributed by atoms with E-state index in [9.17, 15) is 4.79 Å². The van der Waals surface area contributed by atoms with Crippen LogP contribution in [0.4, 0.5) is 0 Å². The predicted octanol–water partition coefficient (Wildman–Crippen LogP) is 2.96. The molecule has 1 aromatic heterocycles. The van der Waals surface area contributed by atoms with Crippen LogP contribution in [0.25, 0.3) is 0 Å². The van der Waals surface area contributed by atoms with Crippen molar-refractivity contribution in [3.8, 4) is 5.75 Å². The number of aromatic nitrogens is 1. The minimum atomic E-state index is -0.143. The molecule has 138 valence electrons. The second-order valence-electron chi connectivity index (χ2n) is 7.29. The van der Waals surface area contributed by atoms with Gasteiger partial charge in [-0.1, -0.05) is 17.3 Å². The third-order valence-electron chi connectivity index (χ3n) is 5.13. The standard InChI is InChI=1S/C20H25N3O3/c1-25-17-6-2-4-14(10-17)12-23-9-3-5-15(13-23)18-11-19(26-22-18)20(24)21-16-7-8-16/h2,4,6,10-11,15-16H,3,5,7-9,12-13H2,1H3,(H,21,24)/t15-/m0/s1. The second-order valence-corrected chi connectivity index (χ2v) is 7.29. The number of rotatable bonds is 6. The summed E-state index contributed by atoms with van der Waals surface area (Å²) in [4.78, 5) is 14.5. The summed E-state index contributed by atoms with van der Waals surface area (Å²) in [7, 11) is 1.69. The fourth-order valence-electron chi connectivity index (χ4n) is 3.54. The quantitative estimate of drug-likeness (QED) is 0.863. The number of nitrogens with zero attached hydrogens (tertiary/aromatic N) is 2. The van der Waals surface area contributed by atoms with Crippen molar-refractivity contribution in [2.24, 2.45) is 0 Å². The first-order valence-electron chi connectivity index (χ1n) is 9.34. The Labute approximate surface area is 153 Å². The van der Waals surface area contributed by atoms with E-state index in [1.807, 2.05) is 18.2 Å². The number of hydrogen-bond donors (Lipinski definition) is 1. The van der Waals surface area contributed by atoms with Crippen LogP contribution in [0.1, 0.15) is 53.4 Å². The van der Waals surface area contributed by atoms with Crippen LogP contribution in [0.3, 0.4) is 0 Å². The van der Waals surface area contributed by atoms with Crippen LogP contribution < -0.4 is 10.1 Å². The lowest BCUT2D eigenvalue weighted by molar-refractivity contribution is 0.0914. The molecule has 0 bridgehead atoms. The zero-order chi connectivity index (χ0) is 17.9. The van der Waals surface area contributed by atoms with E-state index in [0.717, 1.165) is 56.8 Å². The highest BCUT2D eigenvalue weighted by atomic mass is 16.5. The van der Waals surface area contributed by atoms with Crippen LogP contribution in [-0.4, -0.2) is 42.2 Å². The van der Waals surface area contributed by atoms with E-state index in [4.69, 9.17) is 9.26 Å². The summed E-state index contributed by atoms with van der Waals surface area (Å²) in [6, 6.07) is 10.3. The van der Waals surface area contributed by atoms with Crippen molar-refractivity contribution in [1.29, 1.82) is 0 Å². The van der Waals surface area contributed by atoms with Gasteiger partial charge < -0.3 is 14.6 Å². The van der Waals surface area contributed by atoms with Crippen LogP contribution in [0.15, 0.2) is 34.9 Å². The Hall–Kier alpha value is -2.34. The molecule has 2 fully saturated rings. The van der Waals surface area contributed by atoms with Gasteiger partial charge in [0.05, 0.1) is 12.8 Å². The topological polar surface area (TPSA) is 67.6 Å². The van der Waals surface area contributed by atoms with E-state index < -0.39 is 0 Å². The predicted molar refractivity (Wildman–Crippen MR) is 97.2 cm³/mol. The molecule has 1 aliphatic heterocycles. The zero-order valence-electron chi connectivity index (χ0n) is 15.1. The average molecular weight is 355 g/mol. The van der Waals surface area contributed by atoms with Gasteiger partial charge in [-0.2, -0.15) is 0 Å². The highest BCUT2D eigenvalue weighted by Crippen LogP contribution is 2.28. The maximum atomic E-state index is 12.1. The number of ether oxygens (including phenoxy) is 1. The number of piperidine rings is 1. The van der Waals surface area contributed by atoms with Crippen LogP contribution in [0.2, 0.25) is 0 Å². The molecule has 26 heavy (non-hydrogen) atoms. The van der Waals surface area contributed by atoms with Gasteiger partial charge in [0.1, 0.15) is 5.75 Å². The Kier molecular flexibility index (Phi) is 4.93. The van der Waals surface area contributed by atoms with Crippen molar-refractivity contribution < 1.29 is 14.1 Å². The van der Waals surface area contributed by atoms with E-state index in [1.165, 1.54) is 5.56 Å². The van der Waals surface area contributed by atoms with Gasteiger partial charge in [-0.15, -0.1) is 0 Å². The van der Waals surface area contributed by atoms with Crippen LogP contribution >= 0.6 is 0 Å². The number of hydrogen-bond acceptors (Lipinski definition) is 5. The fraction of sp³-hybridized carbons (Fsp3) is 0.500. The van der Waals surface area contributed by atoms with E-state index in [-0.39, 0.29) is 5.91 Å². The molecule has 2 aliphatic rings. The first-order valence-corrected chi connectivity index (χ1v) is 9.34. The molecule has 2 aromatic rings. The van der Waals surface area contributed by atoms with E-state index >= 15 is 0 Å². The van der Waals surface area contributed by atoms with Gasteiger partial charge in [0.25, 0.3) is 5.91 Å². The lowest BCUT2D eigenvalue weighted by Crippen LogP contribution is -2.34. The average Bonchev–Trinajstić information content (AvgIpc) is 3.33. The molecule has 1 aliphatic carbocycles. The molecule has 1 aromatic carbocycles. The van der Waals surface area contributed by atoms with Crippen LogP contribution in [0, 0.1) is 0 Å². The summed E-state index contributed by atoms with van der Waals surface area (Å²) in [6.45, 7) is 2.88. The third kappa shape index (κ3) is 4.07. The Morgan fingerprint density at radius 1 is 1.35 bits per heavy atom. The van der Waals surface area contributed by atoms with Crippen LogP contribution in [0.5, 0.6) is 5.75 Å². The molecule has 2 heterocycles. The van der Waals surface area contributed by atoms with Gasteiger partial charge in [0, 0.05) is 31.1 Å². The maximum Gasteiger partial charge on any atom is 0.290 e. The number of amides is 1. The summed E-state index contributed by atoms with van der Waals surface area (Å²) >= 11 is 0. The molecule has 6 nitrogen and oxygen atoms in total. The number of carbonyl (C=O) groups excluding carboxylic acids is 1. The van der Waals surface area contributed by atoms with E-state index in [0.29, 0.717) is 17.7 Å². The minimum absolute atomic E-state index is 0.143. The Balaban J connectivity index is 1.38. The number of likely N-dealkylation sites (tertiary alicyclic amines) is 1. The van der Waals surface area contributed by atoms with Gasteiger partial charge in [-0.25, -0.2) is 0 Å². The smallest absolute Gasteiger partial charge is 0.290 e. The third-order valence-corrected chi connectivity index (χ3v) is 5.13. The lowest BCUT2D eigenvalue weighted by Gasteiger charge is -2.31. The van der Waals surface area contributed by atoms with Crippen LogP contribution in [-0.2, 0) is 6.54 Å². The monoisotopic (exact) mass is 355 g/mol. The molecule has 1 saturated carbocycles. The summed E-state index contributed by atoms with van der Waals surface area (Å²) in [5, 5.41) is 7.12. The van der Waals surface area contributed by atoms with Crippen molar-refractivity contribution in [2.75, 3.05) is 20.2 Å². The fourth-order valence-corrected chi connectivity index (χ4v) is 3.54. The zero-order valence-corrected chi connectivity index (χ0v) is 15.1. The molecule has 0 radical (unpaired) electrons. The van der Waals surface area contributed by atoms with Crippen molar-refractivity contribution in [3.05, 3.63) is 47.3 Å². The first-order chi connectivity index (χ1) is 12.7.